The number of piperazine rings is 1. The topological polar surface area (TPSA) is 192 Å². The van der Waals surface area contributed by atoms with Crippen LogP contribution in [0.5, 0.6) is 0 Å². The van der Waals surface area contributed by atoms with Crippen molar-refractivity contribution >= 4 is 58.3 Å². The number of hydrogen-bond donors (Lipinski definition) is 4. The van der Waals surface area contributed by atoms with E-state index in [0.29, 0.717) is 30.0 Å². The van der Waals surface area contributed by atoms with E-state index < -0.39 is 41.1 Å². The first-order valence-electron chi connectivity index (χ1n) is 16.2. The first-order chi connectivity index (χ1) is 24.2. The minimum Gasteiger partial charge on any atom is -0.478 e. The normalized spacial score (nSPS) is 14.8. The zero-order valence-corrected chi connectivity index (χ0v) is 29.2. The average molecular weight is 716 g/mol. The number of nitrogens with one attached hydrogen (secondary N) is 3. The van der Waals surface area contributed by atoms with E-state index in [1.165, 1.54) is 41.3 Å². The minimum atomic E-state index is -1.30. The van der Waals surface area contributed by atoms with Crippen molar-refractivity contribution < 1.29 is 29.1 Å². The number of halogens is 1. The molecule has 0 spiro atoms. The van der Waals surface area contributed by atoms with Gasteiger partial charge >= 0.3 is 17.8 Å². The van der Waals surface area contributed by atoms with Crippen LogP contribution in [0.15, 0.2) is 73.1 Å². The van der Waals surface area contributed by atoms with Gasteiger partial charge < -0.3 is 26.0 Å². The van der Waals surface area contributed by atoms with Gasteiger partial charge in [-0.25, -0.2) is 4.79 Å². The third kappa shape index (κ3) is 8.74. The molecule has 1 aromatic heterocycles. The molecule has 0 saturated carbocycles. The highest BCUT2D eigenvalue weighted by Gasteiger charge is 2.40. The molecule has 1 saturated heterocycles. The standard InChI is InChI=1S/C35H38ClN9O6/c1-5-43-16-17-44(28(46)19-43)25-13-8-21(9-14-25)29(35(2,3)4)30(31(47)38-24-11-6-22(7-12-24)34(50)51)40-33(49)32(48)39-26-18-23(36)10-15-27(26)45-20-37-41-42-45/h6-15,18,20,29-30H,5,16-17,19H2,1-4H3,(H,38,47)(H,39,48)(H,40,49)(H,50,51). The maximum atomic E-state index is 14.1. The van der Waals surface area contributed by atoms with Gasteiger partial charge in [-0.3, -0.25) is 24.1 Å². The summed E-state index contributed by atoms with van der Waals surface area (Å²) < 4.78 is 1.28. The van der Waals surface area contributed by atoms with Gasteiger partial charge in [-0.05, 0) is 82.5 Å². The van der Waals surface area contributed by atoms with E-state index in [1.807, 2.05) is 39.8 Å². The Labute approximate surface area is 298 Å². The second kappa shape index (κ2) is 15.5. The predicted molar refractivity (Wildman–Crippen MR) is 190 cm³/mol. The van der Waals surface area contributed by atoms with E-state index in [2.05, 4.69) is 36.4 Å². The maximum Gasteiger partial charge on any atom is 0.335 e. The number of aromatic carboxylic acids is 1. The van der Waals surface area contributed by atoms with Gasteiger partial charge in [-0.15, -0.1) is 5.10 Å². The van der Waals surface area contributed by atoms with Gasteiger partial charge in [0.1, 0.15) is 12.4 Å². The molecule has 0 radical (unpaired) electrons. The Kier molecular flexibility index (Phi) is 11.1. The van der Waals surface area contributed by atoms with Crippen LogP contribution in [0.1, 0.15) is 49.5 Å². The van der Waals surface area contributed by atoms with Crippen molar-refractivity contribution in [3.05, 3.63) is 89.2 Å². The summed E-state index contributed by atoms with van der Waals surface area (Å²) >= 11 is 6.19. The lowest BCUT2D eigenvalue weighted by molar-refractivity contribution is -0.138. The number of hydrogen-bond acceptors (Lipinski definition) is 9. The van der Waals surface area contributed by atoms with Crippen LogP contribution in [0, 0.1) is 5.41 Å². The van der Waals surface area contributed by atoms with Crippen LogP contribution in [0.3, 0.4) is 0 Å². The van der Waals surface area contributed by atoms with Crippen LogP contribution in [0.4, 0.5) is 17.1 Å². The number of benzene rings is 3. The molecule has 2 heterocycles. The molecule has 1 aliphatic heterocycles. The lowest BCUT2D eigenvalue weighted by atomic mass is 9.71. The molecule has 51 heavy (non-hydrogen) atoms. The van der Waals surface area contributed by atoms with E-state index in [-0.39, 0.29) is 27.9 Å². The molecule has 1 aliphatic rings. The molecule has 4 amide bonds. The first kappa shape index (κ1) is 36.6. The summed E-state index contributed by atoms with van der Waals surface area (Å²) in [7, 11) is 0. The summed E-state index contributed by atoms with van der Waals surface area (Å²) in [6.45, 7) is 10.1. The molecule has 2 atom stereocenters. The van der Waals surface area contributed by atoms with Crippen molar-refractivity contribution in [2.45, 2.75) is 39.7 Å². The van der Waals surface area contributed by atoms with Crippen LogP contribution < -0.4 is 20.9 Å². The highest BCUT2D eigenvalue weighted by atomic mass is 35.5. The average Bonchev–Trinajstić information content (AvgIpc) is 3.63. The van der Waals surface area contributed by atoms with E-state index in [0.717, 1.165) is 13.1 Å². The van der Waals surface area contributed by atoms with Crippen molar-refractivity contribution in [1.29, 1.82) is 0 Å². The fourth-order valence-electron chi connectivity index (χ4n) is 6.00. The number of aromatic nitrogens is 4. The van der Waals surface area contributed by atoms with Gasteiger partial charge in [0.25, 0.3) is 0 Å². The highest BCUT2D eigenvalue weighted by Crippen LogP contribution is 2.39. The molecule has 1 fully saturated rings. The second-order valence-corrected chi connectivity index (χ2v) is 13.5. The highest BCUT2D eigenvalue weighted by molar-refractivity contribution is 6.40. The Balaban J connectivity index is 1.45. The summed E-state index contributed by atoms with van der Waals surface area (Å²) in [6, 6.07) is 16.0. The fourth-order valence-corrected chi connectivity index (χ4v) is 6.17. The quantitative estimate of drug-likeness (QED) is 0.177. The Morgan fingerprint density at radius 1 is 0.941 bits per heavy atom. The van der Waals surface area contributed by atoms with Crippen molar-refractivity contribution in [3.63, 3.8) is 0 Å². The van der Waals surface area contributed by atoms with E-state index in [1.54, 1.807) is 29.2 Å². The Morgan fingerprint density at radius 2 is 1.65 bits per heavy atom. The minimum absolute atomic E-state index is 0.0180. The number of carbonyl (C=O) groups excluding carboxylic acids is 4. The number of carboxylic acid groups (broad SMARTS) is 1. The lowest BCUT2D eigenvalue weighted by Crippen LogP contribution is -2.53. The van der Waals surface area contributed by atoms with Crippen molar-refractivity contribution in [2.75, 3.05) is 41.7 Å². The van der Waals surface area contributed by atoms with Gasteiger partial charge in [-0.1, -0.05) is 51.4 Å². The number of carboxylic acids is 1. The van der Waals surface area contributed by atoms with Crippen LogP contribution in [-0.4, -0.2) is 92.0 Å². The van der Waals surface area contributed by atoms with Crippen molar-refractivity contribution in [2.24, 2.45) is 5.41 Å². The monoisotopic (exact) mass is 715 g/mol. The number of carbonyl (C=O) groups is 5. The zero-order valence-electron chi connectivity index (χ0n) is 28.5. The molecule has 2 unspecified atom stereocenters. The molecule has 0 aliphatic carbocycles. The fraction of sp³-hybridized carbons (Fsp3) is 0.314. The van der Waals surface area contributed by atoms with E-state index in [9.17, 15) is 29.1 Å². The molecule has 16 heteroatoms. The molecule has 0 bridgehead atoms. The maximum absolute atomic E-state index is 14.1. The van der Waals surface area contributed by atoms with Gasteiger partial charge in [-0.2, -0.15) is 4.68 Å². The number of tetrazole rings is 1. The molecule has 4 N–H and O–H groups in total. The molecule has 15 nitrogen and oxygen atoms in total. The number of amides is 4. The van der Waals surface area contributed by atoms with Crippen molar-refractivity contribution in [3.8, 4) is 5.69 Å². The third-order valence-electron chi connectivity index (χ3n) is 8.55. The summed E-state index contributed by atoms with van der Waals surface area (Å²) in [5.74, 6) is -4.68. The Morgan fingerprint density at radius 3 is 2.24 bits per heavy atom. The van der Waals surface area contributed by atoms with E-state index in [4.69, 9.17) is 11.6 Å². The van der Waals surface area contributed by atoms with Gasteiger partial charge in [0.05, 0.1) is 23.5 Å². The van der Waals surface area contributed by atoms with Crippen LogP contribution >= 0.6 is 11.6 Å². The predicted octanol–water partition coefficient (Wildman–Crippen LogP) is 3.57. The van der Waals surface area contributed by atoms with Gasteiger partial charge in [0.15, 0.2) is 0 Å². The Bertz CT molecular complexity index is 1910. The molecule has 3 aromatic carbocycles. The number of nitrogens with zero attached hydrogens (tertiary/aromatic N) is 6. The van der Waals surface area contributed by atoms with Gasteiger partial charge in [0.2, 0.25) is 11.8 Å². The molecule has 4 aromatic rings. The summed E-state index contributed by atoms with van der Waals surface area (Å²) in [6.07, 6.45) is 1.31. The van der Waals surface area contributed by atoms with Crippen LogP contribution in [0.2, 0.25) is 5.02 Å². The molecular formula is C35H38ClN9O6. The Hall–Kier alpha value is -5.67. The lowest BCUT2D eigenvalue weighted by Gasteiger charge is -2.37. The molecule has 266 valence electrons. The molecule has 5 rings (SSSR count). The van der Waals surface area contributed by atoms with E-state index >= 15 is 0 Å². The third-order valence-corrected chi connectivity index (χ3v) is 8.79. The summed E-state index contributed by atoms with van der Waals surface area (Å²) in [4.78, 5) is 69.2. The summed E-state index contributed by atoms with van der Waals surface area (Å²) in [5.41, 5.74) is 1.51. The van der Waals surface area contributed by atoms with Crippen molar-refractivity contribution in [1.82, 2.24) is 30.4 Å². The van der Waals surface area contributed by atoms with Gasteiger partial charge in [0, 0.05) is 35.4 Å². The zero-order chi connectivity index (χ0) is 36.9. The van der Waals surface area contributed by atoms with Crippen LogP contribution in [0.25, 0.3) is 5.69 Å². The number of anilines is 3. The number of rotatable bonds is 10. The first-order valence-corrected chi connectivity index (χ1v) is 16.5. The van der Waals surface area contributed by atoms with Crippen LogP contribution in [-0.2, 0) is 19.2 Å². The SMILES string of the molecule is CCN1CCN(c2ccc(C(C(NC(=O)C(=O)Nc3cc(Cl)ccc3-n3cnnn3)C(=O)Nc3ccc(C(=O)O)cc3)C(C)(C)C)cc2)C(=O)C1. The second-order valence-electron chi connectivity index (χ2n) is 13.0. The number of likely N-dealkylation sites (N-methyl/N-ethyl adjacent to an activating group) is 1. The largest absolute Gasteiger partial charge is 0.478 e. The molecular weight excluding hydrogens is 678 g/mol. The summed E-state index contributed by atoms with van der Waals surface area (Å²) in [5, 5.41) is 28.6. The smallest absolute Gasteiger partial charge is 0.335 e.